The SMILES string of the molecule is Cc1[nH]nc(C(=O)NC(C)C2CCC2)c1S(N)(=O)=O. The number of H-pyrrole nitrogens is 1. The molecule has 1 aromatic heterocycles. The van der Waals surface area contributed by atoms with Gasteiger partial charge in [-0.2, -0.15) is 5.10 Å². The van der Waals surface area contributed by atoms with Crippen LogP contribution in [0, 0.1) is 12.8 Å². The van der Waals surface area contributed by atoms with Gasteiger partial charge in [0.25, 0.3) is 5.91 Å². The molecule has 1 aliphatic carbocycles. The number of sulfonamides is 1. The predicted molar refractivity (Wildman–Crippen MR) is 69.0 cm³/mol. The zero-order chi connectivity index (χ0) is 14.2. The molecule has 1 aliphatic rings. The number of hydrogen-bond donors (Lipinski definition) is 3. The number of primary sulfonamides is 1. The summed E-state index contributed by atoms with van der Waals surface area (Å²) in [6, 6.07) is 0.00610. The fraction of sp³-hybridized carbons (Fsp3) is 0.636. The van der Waals surface area contributed by atoms with Crippen LogP contribution < -0.4 is 10.5 Å². The van der Waals surface area contributed by atoms with Crippen molar-refractivity contribution in [3.8, 4) is 0 Å². The van der Waals surface area contributed by atoms with Crippen LogP contribution in [0.2, 0.25) is 0 Å². The molecule has 19 heavy (non-hydrogen) atoms. The van der Waals surface area contributed by atoms with Gasteiger partial charge < -0.3 is 5.32 Å². The summed E-state index contributed by atoms with van der Waals surface area (Å²) in [6.45, 7) is 3.43. The summed E-state index contributed by atoms with van der Waals surface area (Å²) in [6.07, 6.45) is 3.35. The maximum absolute atomic E-state index is 12.1. The Morgan fingerprint density at radius 2 is 2.16 bits per heavy atom. The number of aryl methyl sites for hydroxylation is 1. The Hall–Kier alpha value is -1.41. The number of aromatic nitrogens is 2. The van der Waals surface area contributed by atoms with Crippen molar-refractivity contribution in [1.29, 1.82) is 0 Å². The molecule has 1 amide bonds. The number of carbonyl (C=O) groups excluding carboxylic acids is 1. The van der Waals surface area contributed by atoms with Gasteiger partial charge in [-0.15, -0.1) is 0 Å². The van der Waals surface area contributed by atoms with Gasteiger partial charge in [-0.05, 0) is 32.6 Å². The molecule has 1 unspecified atom stereocenters. The molecule has 0 aromatic carbocycles. The smallest absolute Gasteiger partial charge is 0.273 e. The molecular weight excluding hydrogens is 268 g/mol. The van der Waals surface area contributed by atoms with Crippen LogP contribution in [-0.2, 0) is 10.0 Å². The molecular formula is C11H18N4O3S. The van der Waals surface area contributed by atoms with Crippen molar-refractivity contribution in [1.82, 2.24) is 15.5 Å². The minimum atomic E-state index is -3.97. The van der Waals surface area contributed by atoms with E-state index in [9.17, 15) is 13.2 Å². The highest BCUT2D eigenvalue weighted by Crippen LogP contribution is 2.29. The minimum absolute atomic E-state index is 0.00610. The molecule has 1 fully saturated rings. The van der Waals surface area contributed by atoms with Crippen LogP contribution >= 0.6 is 0 Å². The quantitative estimate of drug-likeness (QED) is 0.736. The number of nitrogens with two attached hydrogens (primary N) is 1. The molecule has 1 aromatic rings. The number of amides is 1. The molecule has 7 nitrogen and oxygen atoms in total. The monoisotopic (exact) mass is 286 g/mol. The molecule has 0 aliphatic heterocycles. The standard InChI is InChI=1S/C11H18N4O3S/c1-6(8-4-3-5-8)13-11(16)9-10(19(12,17)18)7(2)14-15-9/h6,8H,3-5H2,1-2H3,(H,13,16)(H,14,15)(H2,12,17,18). The van der Waals surface area contributed by atoms with E-state index in [2.05, 4.69) is 15.5 Å². The lowest BCUT2D eigenvalue weighted by molar-refractivity contribution is 0.0900. The summed E-state index contributed by atoms with van der Waals surface area (Å²) in [5.41, 5.74) is 0.107. The average Bonchev–Trinajstić information content (AvgIpc) is 2.56. The summed E-state index contributed by atoms with van der Waals surface area (Å²) in [5, 5.41) is 14.1. The van der Waals surface area contributed by atoms with Crippen molar-refractivity contribution in [2.24, 2.45) is 11.1 Å². The van der Waals surface area contributed by atoms with E-state index in [-0.39, 0.29) is 22.3 Å². The summed E-state index contributed by atoms with van der Waals surface area (Å²) in [5.74, 6) is -0.0466. The van der Waals surface area contributed by atoms with Crippen LogP contribution in [-0.4, -0.2) is 30.6 Å². The van der Waals surface area contributed by atoms with Crippen LogP contribution in [0.25, 0.3) is 0 Å². The summed E-state index contributed by atoms with van der Waals surface area (Å²) >= 11 is 0. The molecule has 0 spiro atoms. The molecule has 106 valence electrons. The maximum atomic E-state index is 12.1. The third-order valence-corrected chi connectivity index (χ3v) is 4.67. The van der Waals surface area contributed by atoms with E-state index in [0.29, 0.717) is 5.92 Å². The lowest BCUT2D eigenvalue weighted by atomic mass is 9.80. The Morgan fingerprint density at radius 1 is 1.53 bits per heavy atom. The van der Waals surface area contributed by atoms with E-state index in [4.69, 9.17) is 5.14 Å². The van der Waals surface area contributed by atoms with Gasteiger partial charge in [0, 0.05) is 6.04 Å². The van der Waals surface area contributed by atoms with Crippen molar-refractivity contribution < 1.29 is 13.2 Å². The highest BCUT2D eigenvalue weighted by molar-refractivity contribution is 7.89. The van der Waals surface area contributed by atoms with Gasteiger partial charge in [-0.3, -0.25) is 9.89 Å². The Labute approximate surface area is 112 Å². The van der Waals surface area contributed by atoms with Gasteiger partial charge in [0.05, 0.1) is 5.69 Å². The fourth-order valence-electron chi connectivity index (χ4n) is 2.25. The van der Waals surface area contributed by atoms with Crippen LogP contribution in [0.3, 0.4) is 0 Å². The highest BCUT2D eigenvalue weighted by atomic mass is 32.2. The van der Waals surface area contributed by atoms with Gasteiger partial charge in [-0.25, -0.2) is 13.6 Å². The first-order chi connectivity index (χ1) is 8.80. The molecule has 0 bridgehead atoms. The molecule has 1 atom stereocenters. The van der Waals surface area contributed by atoms with Gasteiger partial charge in [0.15, 0.2) is 5.69 Å². The van der Waals surface area contributed by atoms with Crippen LogP contribution in [0.4, 0.5) is 0 Å². The first-order valence-electron chi connectivity index (χ1n) is 6.19. The fourth-order valence-corrected chi connectivity index (χ4v) is 3.13. The normalized spacial score (nSPS) is 17.8. The van der Waals surface area contributed by atoms with Crippen LogP contribution in [0.15, 0.2) is 4.90 Å². The first-order valence-corrected chi connectivity index (χ1v) is 7.74. The zero-order valence-electron chi connectivity index (χ0n) is 10.9. The van der Waals surface area contributed by atoms with Gasteiger partial charge in [0.1, 0.15) is 4.90 Å². The Balaban J connectivity index is 2.20. The molecule has 0 radical (unpaired) electrons. The second-order valence-corrected chi connectivity index (χ2v) is 6.52. The lowest BCUT2D eigenvalue weighted by Gasteiger charge is -2.31. The largest absolute Gasteiger partial charge is 0.348 e. The van der Waals surface area contributed by atoms with Crippen molar-refractivity contribution in [3.05, 3.63) is 11.4 Å². The summed E-state index contributed by atoms with van der Waals surface area (Å²) in [4.78, 5) is 11.8. The summed E-state index contributed by atoms with van der Waals surface area (Å²) in [7, 11) is -3.97. The van der Waals surface area contributed by atoms with E-state index in [0.717, 1.165) is 12.8 Å². The lowest BCUT2D eigenvalue weighted by Crippen LogP contribution is -2.41. The van der Waals surface area contributed by atoms with Gasteiger partial charge in [0.2, 0.25) is 10.0 Å². The Morgan fingerprint density at radius 3 is 2.63 bits per heavy atom. The van der Waals surface area contributed by atoms with E-state index in [1.165, 1.54) is 13.3 Å². The number of hydrogen-bond acceptors (Lipinski definition) is 4. The number of carbonyl (C=O) groups is 1. The van der Waals surface area contributed by atoms with Crippen molar-refractivity contribution in [2.75, 3.05) is 0 Å². The second kappa shape index (κ2) is 4.93. The maximum Gasteiger partial charge on any atom is 0.273 e. The van der Waals surface area contributed by atoms with Gasteiger partial charge >= 0.3 is 0 Å². The van der Waals surface area contributed by atoms with E-state index in [1.807, 2.05) is 6.92 Å². The van der Waals surface area contributed by atoms with E-state index in [1.54, 1.807) is 0 Å². The zero-order valence-corrected chi connectivity index (χ0v) is 11.8. The van der Waals surface area contributed by atoms with Crippen molar-refractivity contribution in [2.45, 2.75) is 44.0 Å². The second-order valence-electron chi connectivity index (χ2n) is 5.02. The first kappa shape index (κ1) is 14.0. The van der Waals surface area contributed by atoms with Crippen LogP contribution in [0.5, 0.6) is 0 Å². The molecule has 4 N–H and O–H groups in total. The number of nitrogens with zero attached hydrogens (tertiary/aromatic N) is 1. The number of nitrogens with one attached hydrogen (secondary N) is 2. The summed E-state index contributed by atoms with van der Waals surface area (Å²) < 4.78 is 22.9. The number of aromatic amines is 1. The Bertz CT molecular complexity index is 589. The molecule has 1 heterocycles. The minimum Gasteiger partial charge on any atom is -0.348 e. The highest BCUT2D eigenvalue weighted by Gasteiger charge is 2.29. The third kappa shape index (κ3) is 2.79. The molecule has 1 saturated carbocycles. The average molecular weight is 286 g/mol. The predicted octanol–water partition coefficient (Wildman–Crippen LogP) is 0.284. The van der Waals surface area contributed by atoms with Crippen LogP contribution in [0.1, 0.15) is 42.4 Å². The van der Waals surface area contributed by atoms with E-state index < -0.39 is 15.9 Å². The van der Waals surface area contributed by atoms with E-state index >= 15 is 0 Å². The molecule has 2 rings (SSSR count). The Kier molecular flexibility index (Phi) is 3.64. The molecule has 0 saturated heterocycles. The van der Waals surface area contributed by atoms with Crippen molar-refractivity contribution in [3.63, 3.8) is 0 Å². The van der Waals surface area contributed by atoms with Gasteiger partial charge in [-0.1, -0.05) is 6.42 Å². The third-order valence-electron chi connectivity index (χ3n) is 3.61. The van der Waals surface area contributed by atoms with Crippen molar-refractivity contribution >= 4 is 15.9 Å². The topological polar surface area (TPSA) is 118 Å². The molecule has 8 heteroatoms. The number of rotatable bonds is 4.